The molecule has 3 rings (SSSR count). The summed E-state index contributed by atoms with van der Waals surface area (Å²) in [7, 11) is 0. The summed E-state index contributed by atoms with van der Waals surface area (Å²) in [5, 5.41) is 9.90. The maximum Gasteiger partial charge on any atom is 0.143 e. The van der Waals surface area contributed by atoms with Crippen molar-refractivity contribution in [3.8, 4) is 17.0 Å². The molecule has 94 valence electrons. The molecule has 1 N–H and O–H groups in total. The summed E-state index contributed by atoms with van der Waals surface area (Å²) < 4.78 is 13.6. The van der Waals surface area contributed by atoms with Crippen LogP contribution in [0.2, 0.25) is 10.0 Å². The number of aliphatic hydroxyl groups excluding tert-OH is 1. The SMILES string of the molecule is OCC1Cc2cc(-c3cnsn3)c(Cl)c(Cl)c2O1. The number of rotatable bonds is 2. The van der Waals surface area contributed by atoms with Crippen LogP contribution in [0, 0.1) is 0 Å². The summed E-state index contributed by atoms with van der Waals surface area (Å²) in [5.74, 6) is 0.563. The summed E-state index contributed by atoms with van der Waals surface area (Å²) in [6.45, 7) is -0.0454. The lowest BCUT2D eigenvalue weighted by Crippen LogP contribution is -2.17. The molecule has 0 aliphatic carbocycles. The molecule has 2 heterocycles. The lowest BCUT2D eigenvalue weighted by molar-refractivity contribution is 0.134. The third kappa shape index (κ3) is 1.87. The fourth-order valence-corrected chi connectivity index (χ4v) is 2.90. The zero-order chi connectivity index (χ0) is 12.7. The number of halogens is 2. The van der Waals surface area contributed by atoms with Gasteiger partial charge in [0.25, 0.3) is 0 Å². The Kier molecular flexibility index (Phi) is 3.15. The third-order valence-electron chi connectivity index (χ3n) is 2.81. The first-order chi connectivity index (χ1) is 8.70. The van der Waals surface area contributed by atoms with Crippen LogP contribution in [0.5, 0.6) is 5.75 Å². The van der Waals surface area contributed by atoms with Gasteiger partial charge >= 0.3 is 0 Å². The van der Waals surface area contributed by atoms with Gasteiger partial charge in [-0.3, -0.25) is 0 Å². The zero-order valence-corrected chi connectivity index (χ0v) is 11.4. The molecule has 0 saturated carbocycles. The first-order valence-electron chi connectivity index (χ1n) is 5.27. The van der Waals surface area contributed by atoms with E-state index in [0.717, 1.165) is 22.9 Å². The highest BCUT2D eigenvalue weighted by atomic mass is 35.5. The molecule has 7 heteroatoms. The van der Waals surface area contributed by atoms with Crippen LogP contribution in [0.3, 0.4) is 0 Å². The number of aliphatic hydroxyl groups is 1. The van der Waals surface area contributed by atoms with Crippen LogP contribution in [-0.4, -0.2) is 26.6 Å². The first-order valence-corrected chi connectivity index (χ1v) is 6.75. The Hall–Kier alpha value is -0.880. The number of hydrogen-bond acceptors (Lipinski definition) is 5. The topological polar surface area (TPSA) is 55.2 Å². The van der Waals surface area contributed by atoms with Crippen LogP contribution < -0.4 is 4.74 Å². The minimum Gasteiger partial charge on any atom is -0.486 e. The number of ether oxygens (including phenoxy) is 1. The fourth-order valence-electron chi connectivity index (χ4n) is 1.97. The van der Waals surface area contributed by atoms with Gasteiger partial charge in [-0.1, -0.05) is 23.2 Å². The van der Waals surface area contributed by atoms with E-state index in [0.29, 0.717) is 27.9 Å². The van der Waals surface area contributed by atoms with E-state index in [4.69, 9.17) is 33.0 Å². The summed E-state index contributed by atoms with van der Waals surface area (Å²) in [4.78, 5) is 0. The Balaban J connectivity index is 2.13. The van der Waals surface area contributed by atoms with Crippen molar-refractivity contribution in [3.63, 3.8) is 0 Å². The number of fused-ring (bicyclic) bond motifs is 1. The van der Waals surface area contributed by atoms with Crippen molar-refractivity contribution in [2.45, 2.75) is 12.5 Å². The van der Waals surface area contributed by atoms with Crippen LogP contribution in [0.25, 0.3) is 11.3 Å². The van der Waals surface area contributed by atoms with Gasteiger partial charge in [0.1, 0.15) is 22.6 Å². The Bertz CT molecular complexity index is 589. The molecule has 0 saturated heterocycles. The highest BCUT2D eigenvalue weighted by Crippen LogP contribution is 2.45. The Morgan fingerprint density at radius 1 is 1.44 bits per heavy atom. The Morgan fingerprint density at radius 3 is 2.94 bits per heavy atom. The second-order valence-corrected chi connectivity index (χ2v) is 5.27. The van der Waals surface area contributed by atoms with Crippen LogP contribution in [0.4, 0.5) is 0 Å². The van der Waals surface area contributed by atoms with Gasteiger partial charge in [-0.2, -0.15) is 8.75 Å². The minimum atomic E-state index is -0.252. The molecule has 4 nitrogen and oxygen atoms in total. The smallest absolute Gasteiger partial charge is 0.143 e. The quantitative estimate of drug-likeness (QED) is 0.927. The van der Waals surface area contributed by atoms with Crippen molar-refractivity contribution < 1.29 is 9.84 Å². The first kappa shape index (κ1) is 12.2. The average Bonchev–Trinajstić information content (AvgIpc) is 3.02. The molecular formula is C11H8Cl2N2O2S. The predicted octanol–water partition coefficient (Wildman–Crippen LogP) is 2.81. The van der Waals surface area contributed by atoms with E-state index >= 15 is 0 Å². The summed E-state index contributed by atoms with van der Waals surface area (Å²) >= 11 is 13.5. The summed E-state index contributed by atoms with van der Waals surface area (Å²) in [5.41, 5.74) is 2.38. The molecule has 1 aromatic heterocycles. The lowest BCUT2D eigenvalue weighted by atomic mass is 10.0. The average molecular weight is 303 g/mol. The van der Waals surface area contributed by atoms with E-state index in [1.54, 1.807) is 6.20 Å². The van der Waals surface area contributed by atoms with Crippen LogP contribution >= 0.6 is 34.9 Å². The number of hydrogen-bond donors (Lipinski definition) is 1. The molecule has 1 aromatic carbocycles. The van der Waals surface area contributed by atoms with Gasteiger partial charge in [-0.15, -0.1) is 0 Å². The minimum absolute atomic E-state index is 0.0454. The predicted molar refractivity (Wildman–Crippen MR) is 70.6 cm³/mol. The van der Waals surface area contributed by atoms with Gasteiger partial charge in [-0.05, 0) is 6.07 Å². The van der Waals surface area contributed by atoms with Gasteiger partial charge in [0.15, 0.2) is 0 Å². The van der Waals surface area contributed by atoms with Gasteiger partial charge in [-0.25, -0.2) is 0 Å². The van der Waals surface area contributed by atoms with Crippen LogP contribution in [-0.2, 0) is 6.42 Å². The van der Waals surface area contributed by atoms with Crippen molar-refractivity contribution in [1.82, 2.24) is 8.75 Å². The molecule has 1 aliphatic rings. The maximum absolute atomic E-state index is 9.13. The fraction of sp³-hybridized carbons (Fsp3) is 0.273. The molecule has 2 aromatic rings. The van der Waals surface area contributed by atoms with Gasteiger partial charge in [0.2, 0.25) is 0 Å². The van der Waals surface area contributed by atoms with Crippen LogP contribution in [0.1, 0.15) is 5.56 Å². The second kappa shape index (κ2) is 4.66. The Labute approximate surface area is 117 Å². The molecule has 0 fully saturated rings. The standard InChI is InChI=1S/C11H8Cl2N2O2S/c12-9-7(8-3-14-18-15-8)2-5-1-6(4-16)17-11(5)10(9)13/h2-3,6,16H,1,4H2. The van der Waals surface area contributed by atoms with Crippen molar-refractivity contribution in [1.29, 1.82) is 0 Å². The molecule has 0 bridgehead atoms. The summed E-state index contributed by atoms with van der Waals surface area (Å²) in [6.07, 6.45) is 2.01. The number of aromatic nitrogens is 2. The number of nitrogens with zero attached hydrogens (tertiary/aromatic N) is 2. The largest absolute Gasteiger partial charge is 0.486 e. The van der Waals surface area contributed by atoms with E-state index < -0.39 is 0 Å². The third-order valence-corrected chi connectivity index (χ3v) is 4.14. The van der Waals surface area contributed by atoms with Gasteiger partial charge in [0, 0.05) is 17.5 Å². The molecule has 0 spiro atoms. The van der Waals surface area contributed by atoms with Crippen molar-refractivity contribution in [2.75, 3.05) is 6.61 Å². The van der Waals surface area contributed by atoms with Gasteiger partial charge < -0.3 is 9.84 Å². The highest BCUT2D eigenvalue weighted by molar-refractivity contribution is 6.99. The molecular weight excluding hydrogens is 295 g/mol. The van der Waals surface area contributed by atoms with E-state index in [9.17, 15) is 0 Å². The van der Waals surface area contributed by atoms with Gasteiger partial charge in [0.05, 0.1) is 29.6 Å². The van der Waals surface area contributed by atoms with E-state index in [2.05, 4.69) is 8.75 Å². The molecule has 0 radical (unpaired) electrons. The van der Waals surface area contributed by atoms with E-state index in [1.807, 2.05) is 6.07 Å². The summed E-state index contributed by atoms with van der Waals surface area (Å²) in [6, 6.07) is 1.90. The van der Waals surface area contributed by atoms with E-state index in [-0.39, 0.29) is 12.7 Å². The molecule has 0 amide bonds. The monoisotopic (exact) mass is 302 g/mol. The highest BCUT2D eigenvalue weighted by Gasteiger charge is 2.28. The molecule has 18 heavy (non-hydrogen) atoms. The molecule has 1 unspecified atom stereocenters. The zero-order valence-electron chi connectivity index (χ0n) is 9.06. The van der Waals surface area contributed by atoms with Crippen molar-refractivity contribution in [2.24, 2.45) is 0 Å². The van der Waals surface area contributed by atoms with E-state index in [1.165, 1.54) is 0 Å². The normalized spacial score (nSPS) is 17.6. The Morgan fingerprint density at radius 2 is 2.28 bits per heavy atom. The van der Waals surface area contributed by atoms with Crippen molar-refractivity contribution in [3.05, 3.63) is 27.9 Å². The molecule has 1 aliphatic heterocycles. The number of benzene rings is 1. The lowest BCUT2D eigenvalue weighted by Gasteiger charge is -2.09. The molecule has 1 atom stereocenters. The van der Waals surface area contributed by atoms with Crippen LogP contribution in [0.15, 0.2) is 12.3 Å². The second-order valence-electron chi connectivity index (χ2n) is 3.96. The maximum atomic E-state index is 9.13. The van der Waals surface area contributed by atoms with Crippen molar-refractivity contribution >= 4 is 34.9 Å².